The fourth-order valence-electron chi connectivity index (χ4n) is 1.57. The molecule has 1 aliphatic heterocycles. The Kier molecular flexibility index (Phi) is 3.66. The van der Waals surface area contributed by atoms with Crippen molar-refractivity contribution >= 4 is 15.9 Å². The van der Waals surface area contributed by atoms with Crippen LogP contribution >= 0.6 is 15.9 Å². The number of halogens is 1. The summed E-state index contributed by atoms with van der Waals surface area (Å²) in [7, 11) is 0. The van der Waals surface area contributed by atoms with Crippen LogP contribution in [0.25, 0.3) is 0 Å². The third-order valence-electron chi connectivity index (χ3n) is 2.42. The quantitative estimate of drug-likeness (QED) is 0.882. The molecule has 1 aromatic rings. The van der Waals surface area contributed by atoms with Gasteiger partial charge in [0.05, 0.1) is 12.4 Å². The zero-order chi connectivity index (χ0) is 11.4. The molecule has 0 aliphatic carbocycles. The molecule has 0 bridgehead atoms. The summed E-state index contributed by atoms with van der Waals surface area (Å²) >= 11 is 3.33. The predicted molar refractivity (Wildman–Crippen MR) is 65.8 cm³/mol. The van der Waals surface area contributed by atoms with Crippen molar-refractivity contribution < 1.29 is 4.74 Å². The van der Waals surface area contributed by atoms with Crippen LogP contribution in [0.3, 0.4) is 0 Å². The van der Waals surface area contributed by atoms with Crippen LogP contribution in [-0.4, -0.2) is 18.1 Å². The second-order valence-corrected chi connectivity index (χ2v) is 4.63. The minimum absolute atomic E-state index is 0.468. The molecule has 0 fully saturated rings. The number of ether oxygens (including phenoxy) is 1. The Hall–Kier alpha value is -1.23. The monoisotopic (exact) mass is 283 g/mol. The van der Waals surface area contributed by atoms with E-state index in [0.29, 0.717) is 18.4 Å². The fourth-order valence-corrected chi connectivity index (χ4v) is 1.80. The SMILES string of the molecule is NC1=C[C@H](CCOc2ccc(Br)cn2)CN1. The topological polar surface area (TPSA) is 60.2 Å². The summed E-state index contributed by atoms with van der Waals surface area (Å²) in [5, 5.41) is 3.09. The average Bonchev–Trinajstić information content (AvgIpc) is 2.67. The Bertz CT molecular complexity index is 377. The third kappa shape index (κ3) is 3.13. The molecule has 86 valence electrons. The summed E-state index contributed by atoms with van der Waals surface area (Å²) in [5.41, 5.74) is 5.62. The van der Waals surface area contributed by atoms with Crippen LogP contribution in [0.5, 0.6) is 5.88 Å². The first-order valence-corrected chi connectivity index (χ1v) is 5.99. The molecule has 0 saturated carbocycles. The van der Waals surface area contributed by atoms with Gasteiger partial charge < -0.3 is 15.8 Å². The molecule has 1 atom stereocenters. The van der Waals surface area contributed by atoms with Gasteiger partial charge in [-0.15, -0.1) is 0 Å². The van der Waals surface area contributed by atoms with E-state index in [1.54, 1.807) is 6.20 Å². The molecule has 0 radical (unpaired) electrons. The van der Waals surface area contributed by atoms with E-state index in [9.17, 15) is 0 Å². The first-order valence-electron chi connectivity index (χ1n) is 5.19. The molecule has 2 heterocycles. The van der Waals surface area contributed by atoms with Gasteiger partial charge in [-0.3, -0.25) is 0 Å². The maximum absolute atomic E-state index is 5.62. The number of aromatic nitrogens is 1. The summed E-state index contributed by atoms with van der Waals surface area (Å²) in [4.78, 5) is 4.13. The lowest BCUT2D eigenvalue weighted by Gasteiger charge is -2.08. The molecular weight excluding hydrogens is 270 g/mol. The van der Waals surface area contributed by atoms with E-state index in [2.05, 4.69) is 26.2 Å². The summed E-state index contributed by atoms with van der Waals surface area (Å²) in [6, 6.07) is 3.76. The molecule has 0 saturated heterocycles. The van der Waals surface area contributed by atoms with Crippen LogP contribution in [0.1, 0.15) is 6.42 Å². The molecule has 0 aromatic carbocycles. The van der Waals surface area contributed by atoms with Gasteiger partial charge in [0.2, 0.25) is 5.88 Å². The van der Waals surface area contributed by atoms with Crippen molar-refractivity contribution in [2.24, 2.45) is 11.7 Å². The van der Waals surface area contributed by atoms with Gasteiger partial charge in [-0.05, 0) is 34.5 Å². The van der Waals surface area contributed by atoms with E-state index in [4.69, 9.17) is 10.5 Å². The first kappa shape index (κ1) is 11.3. The number of hydrogen-bond donors (Lipinski definition) is 2. The van der Waals surface area contributed by atoms with Gasteiger partial charge in [-0.25, -0.2) is 4.98 Å². The van der Waals surface area contributed by atoms with E-state index in [1.165, 1.54) is 0 Å². The number of nitrogens with one attached hydrogen (secondary N) is 1. The van der Waals surface area contributed by atoms with E-state index in [-0.39, 0.29) is 0 Å². The zero-order valence-electron chi connectivity index (χ0n) is 8.82. The molecule has 16 heavy (non-hydrogen) atoms. The van der Waals surface area contributed by atoms with E-state index < -0.39 is 0 Å². The van der Waals surface area contributed by atoms with Gasteiger partial charge in [-0.1, -0.05) is 0 Å². The lowest BCUT2D eigenvalue weighted by Crippen LogP contribution is -2.17. The molecule has 0 unspecified atom stereocenters. The summed E-state index contributed by atoms with van der Waals surface area (Å²) in [6.45, 7) is 1.56. The molecule has 0 amide bonds. The minimum atomic E-state index is 0.468. The maximum atomic E-state index is 5.62. The third-order valence-corrected chi connectivity index (χ3v) is 2.89. The number of nitrogens with two attached hydrogens (primary N) is 1. The lowest BCUT2D eigenvalue weighted by molar-refractivity contribution is 0.283. The van der Waals surface area contributed by atoms with Crippen molar-refractivity contribution in [2.75, 3.05) is 13.2 Å². The highest BCUT2D eigenvalue weighted by molar-refractivity contribution is 9.10. The zero-order valence-corrected chi connectivity index (χ0v) is 10.4. The van der Waals surface area contributed by atoms with Gasteiger partial charge in [0, 0.05) is 29.2 Å². The molecule has 3 N–H and O–H groups in total. The highest BCUT2D eigenvalue weighted by atomic mass is 79.9. The molecular formula is C11H14BrN3O. The average molecular weight is 284 g/mol. The summed E-state index contributed by atoms with van der Waals surface area (Å²) < 4.78 is 6.48. The highest BCUT2D eigenvalue weighted by Crippen LogP contribution is 2.14. The Morgan fingerprint density at radius 2 is 2.44 bits per heavy atom. The Morgan fingerprint density at radius 3 is 3.06 bits per heavy atom. The molecule has 4 nitrogen and oxygen atoms in total. The van der Waals surface area contributed by atoms with Crippen LogP contribution < -0.4 is 15.8 Å². The normalized spacial score (nSPS) is 19.1. The van der Waals surface area contributed by atoms with Gasteiger partial charge in [0.15, 0.2) is 0 Å². The van der Waals surface area contributed by atoms with Crippen LogP contribution in [0, 0.1) is 5.92 Å². The summed E-state index contributed by atoms with van der Waals surface area (Å²) in [5.74, 6) is 1.90. The number of rotatable bonds is 4. The second-order valence-electron chi connectivity index (χ2n) is 3.71. The predicted octanol–water partition coefficient (Wildman–Crippen LogP) is 1.63. The number of nitrogens with zero attached hydrogens (tertiary/aromatic N) is 1. The van der Waals surface area contributed by atoms with Crippen molar-refractivity contribution in [3.63, 3.8) is 0 Å². The fraction of sp³-hybridized carbons (Fsp3) is 0.364. The van der Waals surface area contributed by atoms with Crippen molar-refractivity contribution in [1.29, 1.82) is 0 Å². The van der Waals surface area contributed by atoms with Crippen LogP contribution in [0.15, 0.2) is 34.7 Å². The highest BCUT2D eigenvalue weighted by Gasteiger charge is 2.12. The second kappa shape index (κ2) is 5.21. The van der Waals surface area contributed by atoms with Gasteiger partial charge >= 0.3 is 0 Å². The van der Waals surface area contributed by atoms with E-state index in [1.807, 2.05) is 18.2 Å². The molecule has 1 aromatic heterocycles. The first-order chi connectivity index (χ1) is 7.74. The van der Waals surface area contributed by atoms with Gasteiger partial charge in [0.1, 0.15) is 0 Å². The van der Waals surface area contributed by atoms with Crippen molar-refractivity contribution in [3.8, 4) is 5.88 Å². The Balaban J connectivity index is 1.74. The summed E-state index contributed by atoms with van der Waals surface area (Å²) in [6.07, 6.45) is 4.72. The van der Waals surface area contributed by atoms with Crippen molar-refractivity contribution in [2.45, 2.75) is 6.42 Å². The van der Waals surface area contributed by atoms with E-state index in [0.717, 1.165) is 23.3 Å². The maximum Gasteiger partial charge on any atom is 0.213 e. The Morgan fingerprint density at radius 1 is 1.56 bits per heavy atom. The standard InChI is InChI=1S/C11H14BrN3O/c12-9-1-2-11(15-7-9)16-4-3-8-5-10(13)14-6-8/h1-2,5,7-8,14H,3-4,6,13H2/t8-/m0/s1. The largest absolute Gasteiger partial charge is 0.478 e. The van der Waals surface area contributed by atoms with Gasteiger partial charge in [-0.2, -0.15) is 0 Å². The lowest BCUT2D eigenvalue weighted by atomic mass is 10.1. The van der Waals surface area contributed by atoms with E-state index >= 15 is 0 Å². The van der Waals surface area contributed by atoms with Crippen LogP contribution in [0.4, 0.5) is 0 Å². The van der Waals surface area contributed by atoms with Gasteiger partial charge in [0.25, 0.3) is 0 Å². The number of pyridine rings is 1. The number of hydrogen-bond acceptors (Lipinski definition) is 4. The van der Waals surface area contributed by atoms with Crippen molar-refractivity contribution in [1.82, 2.24) is 10.3 Å². The van der Waals surface area contributed by atoms with Crippen molar-refractivity contribution in [3.05, 3.63) is 34.7 Å². The molecule has 0 spiro atoms. The molecule has 2 rings (SSSR count). The van der Waals surface area contributed by atoms with Crippen LogP contribution in [0.2, 0.25) is 0 Å². The molecule has 5 heteroatoms. The smallest absolute Gasteiger partial charge is 0.213 e. The molecule has 1 aliphatic rings. The minimum Gasteiger partial charge on any atom is -0.478 e. The Labute approximate surface area is 103 Å². The van der Waals surface area contributed by atoms with Crippen LogP contribution in [-0.2, 0) is 0 Å².